The Hall–Kier alpha value is -2.63. The lowest BCUT2D eigenvalue weighted by atomic mass is 10.1. The molecule has 108 valence electrons. The molecular formula is C15H17N5O. The lowest BCUT2D eigenvalue weighted by Gasteiger charge is -2.06. The van der Waals surface area contributed by atoms with Gasteiger partial charge in [-0.2, -0.15) is 9.97 Å². The number of ether oxygens (including phenoxy) is 1. The van der Waals surface area contributed by atoms with E-state index in [0.717, 1.165) is 6.42 Å². The number of imidazole rings is 1. The third-order valence-electron chi connectivity index (χ3n) is 3.31. The van der Waals surface area contributed by atoms with Gasteiger partial charge in [-0.1, -0.05) is 29.8 Å². The van der Waals surface area contributed by atoms with Gasteiger partial charge >= 0.3 is 6.01 Å². The Balaban J connectivity index is 1.70. The van der Waals surface area contributed by atoms with Gasteiger partial charge in [0.1, 0.15) is 5.52 Å². The van der Waals surface area contributed by atoms with Gasteiger partial charge in [0, 0.05) is 13.5 Å². The number of aromatic nitrogens is 4. The lowest BCUT2D eigenvalue weighted by Crippen LogP contribution is -2.06. The quantitative estimate of drug-likeness (QED) is 0.791. The first-order valence-corrected chi connectivity index (χ1v) is 6.76. The van der Waals surface area contributed by atoms with Crippen LogP contribution in [0.15, 0.2) is 30.6 Å². The highest BCUT2D eigenvalue weighted by molar-refractivity contribution is 5.81. The molecule has 3 rings (SSSR count). The van der Waals surface area contributed by atoms with E-state index in [0.29, 0.717) is 23.6 Å². The van der Waals surface area contributed by atoms with Gasteiger partial charge in [0.25, 0.3) is 0 Å². The number of nitrogens with two attached hydrogens (primary N) is 1. The van der Waals surface area contributed by atoms with Crippen LogP contribution in [-0.4, -0.2) is 26.1 Å². The molecular weight excluding hydrogens is 266 g/mol. The number of rotatable bonds is 4. The molecule has 0 aliphatic rings. The summed E-state index contributed by atoms with van der Waals surface area (Å²) in [5.74, 6) is 0.339. The standard InChI is InChI=1S/C15H17N5O/c1-10-3-5-11(6-4-10)7-8-21-15-18-13(16)12-14(19-15)20(2)9-17-12/h3-6,9H,7-8H2,1-2H3,(H2,16,18,19). The maximum absolute atomic E-state index is 5.86. The highest BCUT2D eigenvalue weighted by Crippen LogP contribution is 2.18. The van der Waals surface area contributed by atoms with Crippen LogP contribution in [-0.2, 0) is 13.5 Å². The minimum atomic E-state index is 0.288. The van der Waals surface area contributed by atoms with Crippen LogP contribution >= 0.6 is 0 Å². The van der Waals surface area contributed by atoms with E-state index in [-0.39, 0.29) is 6.01 Å². The molecule has 0 saturated heterocycles. The first kappa shape index (κ1) is 13.4. The Morgan fingerprint density at radius 3 is 2.71 bits per heavy atom. The third kappa shape index (κ3) is 2.79. The fourth-order valence-electron chi connectivity index (χ4n) is 2.09. The van der Waals surface area contributed by atoms with E-state index in [9.17, 15) is 0 Å². The van der Waals surface area contributed by atoms with Gasteiger partial charge in [-0.05, 0) is 12.5 Å². The van der Waals surface area contributed by atoms with Crippen molar-refractivity contribution in [3.8, 4) is 6.01 Å². The zero-order chi connectivity index (χ0) is 14.8. The average Bonchev–Trinajstić information content (AvgIpc) is 2.83. The molecule has 0 amide bonds. The fourth-order valence-corrected chi connectivity index (χ4v) is 2.09. The SMILES string of the molecule is Cc1ccc(CCOc2nc(N)c3ncn(C)c3n2)cc1. The van der Waals surface area contributed by atoms with Crippen molar-refractivity contribution in [1.82, 2.24) is 19.5 Å². The number of hydrogen-bond acceptors (Lipinski definition) is 5. The molecule has 2 aromatic heterocycles. The smallest absolute Gasteiger partial charge is 0.320 e. The molecule has 0 radical (unpaired) electrons. The molecule has 0 spiro atoms. The molecule has 1 aromatic carbocycles. The van der Waals surface area contributed by atoms with Crippen LogP contribution in [0, 0.1) is 6.92 Å². The Kier molecular flexibility index (Phi) is 3.43. The number of nitrogens with zero attached hydrogens (tertiary/aromatic N) is 4. The summed E-state index contributed by atoms with van der Waals surface area (Å²) in [6, 6.07) is 8.66. The summed E-state index contributed by atoms with van der Waals surface area (Å²) in [7, 11) is 1.86. The second-order valence-electron chi connectivity index (χ2n) is 5.00. The van der Waals surface area contributed by atoms with Crippen molar-refractivity contribution in [2.24, 2.45) is 7.05 Å². The predicted octanol–water partition coefficient (Wildman–Crippen LogP) is 1.88. The number of aryl methyl sites for hydroxylation is 2. The van der Waals surface area contributed by atoms with Crippen molar-refractivity contribution in [1.29, 1.82) is 0 Å². The second-order valence-corrected chi connectivity index (χ2v) is 5.00. The fraction of sp³-hybridized carbons (Fsp3) is 0.267. The van der Waals surface area contributed by atoms with Crippen molar-refractivity contribution in [3.63, 3.8) is 0 Å². The first-order chi connectivity index (χ1) is 10.1. The zero-order valence-electron chi connectivity index (χ0n) is 12.1. The van der Waals surface area contributed by atoms with E-state index in [1.807, 2.05) is 7.05 Å². The topological polar surface area (TPSA) is 78.9 Å². The highest BCUT2D eigenvalue weighted by atomic mass is 16.5. The van der Waals surface area contributed by atoms with E-state index in [1.165, 1.54) is 11.1 Å². The molecule has 21 heavy (non-hydrogen) atoms. The summed E-state index contributed by atoms with van der Waals surface area (Å²) < 4.78 is 7.40. The van der Waals surface area contributed by atoms with Gasteiger partial charge in [0.05, 0.1) is 12.9 Å². The molecule has 0 atom stereocenters. The molecule has 0 fully saturated rings. The number of anilines is 1. The van der Waals surface area contributed by atoms with Gasteiger partial charge < -0.3 is 15.0 Å². The van der Waals surface area contributed by atoms with E-state index < -0.39 is 0 Å². The van der Waals surface area contributed by atoms with Crippen molar-refractivity contribution in [2.75, 3.05) is 12.3 Å². The monoisotopic (exact) mass is 283 g/mol. The summed E-state index contributed by atoms with van der Waals surface area (Å²) in [6.45, 7) is 2.58. The van der Waals surface area contributed by atoms with Gasteiger partial charge in [-0.15, -0.1) is 0 Å². The predicted molar refractivity (Wildman–Crippen MR) is 81.1 cm³/mol. The van der Waals surface area contributed by atoms with Crippen molar-refractivity contribution >= 4 is 17.0 Å². The third-order valence-corrected chi connectivity index (χ3v) is 3.31. The summed E-state index contributed by atoms with van der Waals surface area (Å²) in [6.07, 6.45) is 2.46. The lowest BCUT2D eigenvalue weighted by molar-refractivity contribution is 0.298. The molecule has 2 N–H and O–H groups in total. The Morgan fingerprint density at radius 2 is 1.95 bits per heavy atom. The van der Waals surface area contributed by atoms with Crippen LogP contribution in [0.1, 0.15) is 11.1 Å². The largest absolute Gasteiger partial charge is 0.463 e. The Bertz CT molecular complexity index is 764. The van der Waals surface area contributed by atoms with E-state index in [2.05, 4.69) is 46.1 Å². The number of nitrogen functional groups attached to an aromatic ring is 1. The van der Waals surface area contributed by atoms with Crippen LogP contribution < -0.4 is 10.5 Å². The molecule has 3 aromatic rings. The summed E-state index contributed by atoms with van der Waals surface area (Å²) in [4.78, 5) is 12.6. The van der Waals surface area contributed by atoms with Crippen LogP contribution in [0.2, 0.25) is 0 Å². The highest BCUT2D eigenvalue weighted by Gasteiger charge is 2.10. The van der Waals surface area contributed by atoms with Gasteiger partial charge in [-0.25, -0.2) is 4.98 Å². The van der Waals surface area contributed by atoms with Crippen molar-refractivity contribution in [2.45, 2.75) is 13.3 Å². The molecule has 0 aliphatic heterocycles. The van der Waals surface area contributed by atoms with E-state index in [1.54, 1.807) is 10.9 Å². The van der Waals surface area contributed by atoms with Crippen molar-refractivity contribution < 1.29 is 4.74 Å². The number of benzene rings is 1. The Morgan fingerprint density at radius 1 is 1.19 bits per heavy atom. The molecule has 0 saturated carbocycles. The van der Waals surface area contributed by atoms with Crippen LogP contribution in [0.4, 0.5) is 5.82 Å². The first-order valence-electron chi connectivity index (χ1n) is 6.76. The van der Waals surface area contributed by atoms with Gasteiger partial charge in [-0.3, -0.25) is 0 Å². The maximum Gasteiger partial charge on any atom is 0.320 e. The molecule has 6 nitrogen and oxygen atoms in total. The normalized spacial score (nSPS) is 11.0. The molecule has 6 heteroatoms. The number of fused-ring (bicyclic) bond motifs is 1. The second kappa shape index (κ2) is 5.40. The zero-order valence-corrected chi connectivity index (χ0v) is 12.1. The minimum Gasteiger partial charge on any atom is -0.463 e. The minimum absolute atomic E-state index is 0.288. The van der Waals surface area contributed by atoms with Crippen LogP contribution in [0.25, 0.3) is 11.2 Å². The van der Waals surface area contributed by atoms with E-state index in [4.69, 9.17) is 10.5 Å². The van der Waals surface area contributed by atoms with Gasteiger partial charge in [0.2, 0.25) is 0 Å². The van der Waals surface area contributed by atoms with Gasteiger partial charge in [0.15, 0.2) is 11.5 Å². The van der Waals surface area contributed by atoms with Crippen LogP contribution in [0.5, 0.6) is 6.01 Å². The maximum atomic E-state index is 5.86. The summed E-state index contributed by atoms with van der Waals surface area (Å²) in [5, 5.41) is 0. The summed E-state index contributed by atoms with van der Waals surface area (Å²) >= 11 is 0. The Labute approximate surface area is 122 Å². The molecule has 0 unspecified atom stereocenters. The molecule has 2 heterocycles. The summed E-state index contributed by atoms with van der Waals surface area (Å²) in [5.41, 5.74) is 9.60. The average molecular weight is 283 g/mol. The molecule has 0 bridgehead atoms. The van der Waals surface area contributed by atoms with Crippen molar-refractivity contribution in [3.05, 3.63) is 41.7 Å². The molecule has 0 aliphatic carbocycles. The van der Waals surface area contributed by atoms with E-state index >= 15 is 0 Å². The van der Waals surface area contributed by atoms with Crippen LogP contribution in [0.3, 0.4) is 0 Å². The number of hydrogen-bond donors (Lipinski definition) is 1.